The maximum absolute atomic E-state index is 12.6. The lowest BCUT2D eigenvalue weighted by Crippen LogP contribution is -2.52. The molecule has 160 valence electrons. The van der Waals surface area contributed by atoms with Gasteiger partial charge >= 0.3 is 5.97 Å². The number of aldehydes is 1. The molecule has 0 aliphatic heterocycles. The van der Waals surface area contributed by atoms with Gasteiger partial charge in [-0.15, -0.1) is 0 Å². The molecule has 1 unspecified atom stereocenters. The molecule has 5 N–H and O–H groups in total. The third kappa shape index (κ3) is 5.02. The minimum Gasteiger partial charge on any atom is -0.508 e. The number of aromatic hydroxyl groups is 1. The maximum atomic E-state index is 12.6. The number of hydrogen-bond acceptors (Lipinski definition) is 6. The van der Waals surface area contributed by atoms with Gasteiger partial charge in [-0.1, -0.05) is 0 Å². The topological polar surface area (TPSA) is 162 Å². The number of rotatable bonds is 8. The van der Waals surface area contributed by atoms with Gasteiger partial charge in [-0.2, -0.15) is 0 Å². The van der Waals surface area contributed by atoms with Gasteiger partial charge in [-0.3, -0.25) is 19.2 Å². The Balaban J connectivity index is 2.02. The van der Waals surface area contributed by atoms with Crippen LogP contribution in [0.5, 0.6) is 5.75 Å². The number of allylic oxidation sites excluding steroid dienone is 1. The van der Waals surface area contributed by atoms with Crippen molar-refractivity contribution in [1.82, 2.24) is 16.0 Å². The Bertz CT molecular complexity index is 919. The van der Waals surface area contributed by atoms with Crippen LogP contribution in [0.4, 0.5) is 0 Å². The SMILES string of the molecule is CC(C)=C(NC(=O)c1ccc(O)cc1)C(=O)N[C@@H](C)C(=O)N[C@@]1(C=O)CC1C(=O)O. The zero-order valence-corrected chi connectivity index (χ0v) is 16.7. The van der Waals surface area contributed by atoms with Crippen LogP contribution >= 0.6 is 0 Å². The van der Waals surface area contributed by atoms with Crippen LogP contribution in [0.25, 0.3) is 0 Å². The van der Waals surface area contributed by atoms with E-state index in [0.29, 0.717) is 11.9 Å². The van der Waals surface area contributed by atoms with Gasteiger partial charge in [-0.25, -0.2) is 0 Å². The first-order valence-electron chi connectivity index (χ1n) is 9.10. The summed E-state index contributed by atoms with van der Waals surface area (Å²) in [5.74, 6) is -4.24. The number of benzene rings is 1. The number of phenols is 1. The molecule has 0 heterocycles. The van der Waals surface area contributed by atoms with Crippen molar-refractivity contribution in [1.29, 1.82) is 0 Å². The van der Waals surface area contributed by atoms with Crippen molar-refractivity contribution in [2.45, 2.75) is 38.8 Å². The average molecular weight is 417 g/mol. The Morgan fingerprint density at radius 3 is 2.23 bits per heavy atom. The largest absolute Gasteiger partial charge is 0.508 e. The van der Waals surface area contributed by atoms with Crippen LogP contribution in [0.3, 0.4) is 0 Å². The Hall–Kier alpha value is -3.69. The van der Waals surface area contributed by atoms with Gasteiger partial charge in [-0.05, 0) is 57.0 Å². The van der Waals surface area contributed by atoms with E-state index in [2.05, 4.69) is 16.0 Å². The second-order valence-electron chi connectivity index (χ2n) is 7.31. The predicted molar refractivity (Wildman–Crippen MR) is 104 cm³/mol. The molecule has 3 amide bonds. The number of carboxylic acid groups (broad SMARTS) is 1. The van der Waals surface area contributed by atoms with E-state index < -0.39 is 41.2 Å². The molecule has 30 heavy (non-hydrogen) atoms. The highest BCUT2D eigenvalue weighted by molar-refractivity contribution is 6.04. The van der Waals surface area contributed by atoms with E-state index >= 15 is 0 Å². The Morgan fingerprint density at radius 2 is 1.77 bits per heavy atom. The molecule has 1 aromatic rings. The van der Waals surface area contributed by atoms with Crippen LogP contribution in [0.1, 0.15) is 37.6 Å². The lowest BCUT2D eigenvalue weighted by atomic mass is 10.1. The number of carbonyl (C=O) groups is 5. The summed E-state index contributed by atoms with van der Waals surface area (Å²) in [4.78, 5) is 59.5. The predicted octanol–water partition coefficient (Wildman–Crippen LogP) is 0.0790. The monoisotopic (exact) mass is 417 g/mol. The lowest BCUT2D eigenvalue weighted by Gasteiger charge is -2.19. The molecule has 2 rings (SSSR count). The molecular weight excluding hydrogens is 394 g/mol. The molecule has 0 spiro atoms. The molecular formula is C20H23N3O7. The van der Waals surface area contributed by atoms with Crippen molar-refractivity contribution in [3.05, 3.63) is 41.1 Å². The van der Waals surface area contributed by atoms with Gasteiger partial charge in [0.15, 0.2) is 0 Å². The van der Waals surface area contributed by atoms with Crippen molar-refractivity contribution in [3.63, 3.8) is 0 Å². The van der Waals surface area contributed by atoms with E-state index in [0.717, 1.165) is 0 Å². The molecule has 1 aliphatic carbocycles. The summed E-state index contributed by atoms with van der Waals surface area (Å²) in [5.41, 5.74) is -0.835. The van der Waals surface area contributed by atoms with E-state index in [9.17, 15) is 29.1 Å². The molecule has 10 nitrogen and oxygen atoms in total. The summed E-state index contributed by atoms with van der Waals surface area (Å²) in [5, 5.41) is 25.6. The first-order chi connectivity index (χ1) is 14.0. The number of hydrogen-bond donors (Lipinski definition) is 5. The van der Waals surface area contributed by atoms with Gasteiger partial charge in [0.05, 0.1) is 5.92 Å². The summed E-state index contributed by atoms with van der Waals surface area (Å²) >= 11 is 0. The molecule has 0 bridgehead atoms. The van der Waals surface area contributed by atoms with Crippen LogP contribution in [-0.4, -0.2) is 51.8 Å². The number of carbonyl (C=O) groups excluding carboxylic acids is 4. The summed E-state index contributed by atoms with van der Waals surface area (Å²) < 4.78 is 0. The Labute approximate surface area is 172 Å². The Kier molecular flexibility index (Phi) is 6.60. The van der Waals surface area contributed by atoms with E-state index in [1.54, 1.807) is 13.8 Å². The minimum atomic E-state index is -1.46. The van der Waals surface area contributed by atoms with Crippen molar-refractivity contribution in [2.75, 3.05) is 0 Å². The maximum Gasteiger partial charge on any atom is 0.309 e. The lowest BCUT2D eigenvalue weighted by molar-refractivity contribution is -0.140. The van der Waals surface area contributed by atoms with Gasteiger partial charge in [0.1, 0.15) is 29.3 Å². The minimum absolute atomic E-state index is 0.0135. The van der Waals surface area contributed by atoms with E-state index in [1.165, 1.54) is 31.2 Å². The van der Waals surface area contributed by atoms with Crippen LogP contribution in [-0.2, 0) is 19.2 Å². The van der Waals surface area contributed by atoms with Gasteiger partial charge in [0.25, 0.3) is 11.8 Å². The molecule has 0 saturated heterocycles. The zero-order valence-electron chi connectivity index (χ0n) is 16.7. The van der Waals surface area contributed by atoms with Crippen molar-refractivity contribution in [2.24, 2.45) is 5.92 Å². The number of nitrogens with one attached hydrogen (secondary N) is 3. The highest BCUT2D eigenvalue weighted by Gasteiger charge is 2.60. The fourth-order valence-corrected chi connectivity index (χ4v) is 2.76. The van der Waals surface area contributed by atoms with Gasteiger partial charge < -0.3 is 31.0 Å². The fourth-order valence-electron chi connectivity index (χ4n) is 2.76. The molecule has 1 aromatic carbocycles. The third-order valence-corrected chi connectivity index (χ3v) is 4.70. The highest BCUT2D eigenvalue weighted by atomic mass is 16.4. The molecule has 0 aromatic heterocycles. The summed E-state index contributed by atoms with van der Waals surface area (Å²) in [6.45, 7) is 4.56. The van der Waals surface area contributed by atoms with Gasteiger partial charge in [0.2, 0.25) is 5.91 Å². The van der Waals surface area contributed by atoms with Crippen LogP contribution in [0.15, 0.2) is 35.5 Å². The quantitative estimate of drug-likeness (QED) is 0.295. The molecule has 1 saturated carbocycles. The van der Waals surface area contributed by atoms with Crippen LogP contribution in [0, 0.1) is 5.92 Å². The van der Waals surface area contributed by atoms with E-state index in [1.807, 2.05) is 0 Å². The third-order valence-electron chi connectivity index (χ3n) is 4.70. The van der Waals surface area contributed by atoms with Crippen LogP contribution in [0.2, 0.25) is 0 Å². The van der Waals surface area contributed by atoms with Crippen molar-refractivity contribution in [3.8, 4) is 5.75 Å². The number of aliphatic carboxylic acids is 1. The zero-order chi connectivity index (χ0) is 22.6. The average Bonchev–Trinajstić information content (AvgIpc) is 3.40. The second-order valence-corrected chi connectivity index (χ2v) is 7.31. The highest BCUT2D eigenvalue weighted by Crippen LogP contribution is 2.41. The van der Waals surface area contributed by atoms with Gasteiger partial charge in [0, 0.05) is 5.56 Å². The van der Waals surface area contributed by atoms with Crippen LogP contribution < -0.4 is 16.0 Å². The van der Waals surface area contributed by atoms with E-state index in [-0.39, 0.29) is 23.4 Å². The van der Waals surface area contributed by atoms with E-state index in [4.69, 9.17) is 5.11 Å². The first-order valence-corrected chi connectivity index (χ1v) is 9.10. The normalized spacial score (nSPS) is 20.3. The summed E-state index contributed by atoms with van der Waals surface area (Å²) in [6, 6.07) is 4.33. The fraction of sp³-hybridized carbons (Fsp3) is 0.350. The molecule has 1 fully saturated rings. The first kappa shape index (κ1) is 22.6. The standard InChI is InChI=1S/C20H23N3O7/c1-10(2)15(22-17(27)12-4-6-13(25)7-5-12)18(28)21-11(3)16(26)23-20(9-24)8-14(20)19(29)30/h4-7,9,11,14,25H,8H2,1-3H3,(H,21,28)(H,22,27)(H,23,26)(H,29,30)/t11-,14?,20+/m0/s1. The summed E-state index contributed by atoms with van der Waals surface area (Å²) in [6.07, 6.45) is 0.373. The Morgan fingerprint density at radius 1 is 1.17 bits per heavy atom. The number of amides is 3. The van der Waals surface area contributed by atoms with Crippen molar-refractivity contribution < 1.29 is 34.2 Å². The molecule has 0 radical (unpaired) electrons. The molecule has 10 heteroatoms. The second kappa shape index (κ2) is 8.76. The number of carboxylic acids is 1. The molecule has 3 atom stereocenters. The van der Waals surface area contributed by atoms with Crippen molar-refractivity contribution >= 4 is 30.0 Å². The molecule has 1 aliphatic rings. The number of phenolic OH excluding ortho intramolecular Hbond substituents is 1. The smallest absolute Gasteiger partial charge is 0.309 e. The summed E-state index contributed by atoms with van der Waals surface area (Å²) in [7, 11) is 0.